The Bertz CT molecular complexity index is 676. The first kappa shape index (κ1) is 9.85. The van der Waals surface area contributed by atoms with E-state index in [1.807, 2.05) is 11.3 Å². The van der Waals surface area contributed by atoms with Crippen molar-refractivity contribution in [2.24, 2.45) is 7.05 Å². The number of aromatic nitrogens is 2. The number of rotatable bonds is 1. The van der Waals surface area contributed by atoms with Crippen molar-refractivity contribution in [3.63, 3.8) is 0 Å². The van der Waals surface area contributed by atoms with Gasteiger partial charge in [0.25, 0.3) is 5.65 Å². The smallest absolute Gasteiger partial charge is 0.230 e. The number of hydrogen-bond donors (Lipinski definition) is 0. The average Bonchev–Trinajstić information content (AvgIpc) is 2.81. The molecule has 3 heteroatoms. The minimum atomic E-state index is 1.07. The third kappa shape index (κ3) is 1.15. The van der Waals surface area contributed by atoms with Crippen LogP contribution in [0.1, 0.15) is 18.2 Å². The number of imidazole rings is 1. The van der Waals surface area contributed by atoms with Gasteiger partial charge < -0.3 is 0 Å². The van der Waals surface area contributed by atoms with Crippen LogP contribution in [0.5, 0.6) is 0 Å². The second kappa shape index (κ2) is 3.32. The molecular formula is C13H15N2S+. The highest BCUT2D eigenvalue weighted by molar-refractivity contribution is 7.17. The maximum absolute atomic E-state index is 2.32. The molecule has 0 amide bonds. The van der Waals surface area contributed by atoms with Crippen molar-refractivity contribution < 1.29 is 4.40 Å². The van der Waals surface area contributed by atoms with Crippen molar-refractivity contribution in [1.29, 1.82) is 0 Å². The Hall–Kier alpha value is -1.35. The Morgan fingerprint density at radius 1 is 1.38 bits per heavy atom. The second-order valence-corrected chi connectivity index (χ2v) is 5.14. The van der Waals surface area contributed by atoms with Crippen LogP contribution in [0.3, 0.4) is 0 Å². The Labute approximate surface area is 98.8 Å². The van der Waals surface area contributed by atoms with E-state index in [-0.39, 0.29) is 0 Å². The van der Waals surface area contributed by atoms with Crippen molar-refractivity contribution in [3.8, 4) is 0 Å². The molecule has 0 radical (unpaired) electrons. The van der Waals surface area contributed by atoms with Gasteiger partial charge in [-0.25, -0.2) is 4.57 Å². The molecule has 0 spiro atoms. The molecule has 2 nitrogen and oxygen atoms in total. The lowest BCUT2D eigenvalue weighted by molar-refractivity contribution is -0.480. The van der Waals surface area contributed by atoms with E-state index in [2.05, 4.69) is 53.6 Å². The summed E-state index contributed by atoms with van der Waals surface area (Å²) in [6.45, 7) is 4.39. The zero-order valence-electron chi connectivity index (χ0n) is 9.82. The number of thiophene rings is 1. The van der Waals surface area contributed by atoms with Crippen molar-refractivity contribution in [3.05, 3.63) is 35.0 Å². The SMILES string of the molecule is CCc1c[n+]2c3c(C)csc3ccc2n1C. The number of pyridine rings is 1. The van der Waals surface area contributed by atoms with Crippen LogP contribution in [0.4, 0.5) is 0 Å². The van der Waals surface area contributed by atoms with E-state index in [0.717, 1.165) is 6.42 Å². The lowest BCUT2D eigenvalue weighted by atomic mass is 10.3. The average molecular weight is 231 g/mol. The predicted octanol–water partition coefficient (Wildman–Crippen LogP) is 2.85. The van der Waals surface area contributed by atoms with Gasteiger partial charge in [-0.15, -0.1) is 11.3 Å². The minimum absolute atomic E-state index is 1.07. The fourth-order valence-electron chi connectivity index (χ4n) is 2.35. The fraction of sp³-hybridized carbons (Fsp3) is 0.308. The van der Waals surface area contributed by atoms with Gasteiger partial charge in [0.05, 0.1) is 11.7 Å². The molecule has 16 heavy (non-hydrogen) atoms. The summed E-state index contributed by atoms with van der Waals surface area (Å²) in [6, 6.07) is 4.43. The van der Waals surface area contributed by atoms with Crippen LogP contribution in [-0.2, 0) is 13.5 Å². The summed E-state index contributed by atoms with van der Waals surface area (Å²) in [4.78, 5) is 0. The Morgan fingerprint density at radius 2 is 2.19 bits per heavy atom. The number of fused-ring (bicyclic) bond motifs is 3. The van der Waals surface area contributed by atoms with Crippen LogP contribution in [0.2, 0.25) is 0 Å². The molecule has 0 unspecified atom stereocenters. The molecule has 0 fully saturated rings. The van der Waals surface area contributed by atoms with Crippen LogP contribution in [0.15, 0.2) is 23.7 Å². The van der Waals surface area contributed by atoms with E-state index in [4.69, 9.17) is 0 Å². The molecule has 3 rings (SSSR count). The van der Waals surface area contributed by atoms with Crippen LogP contribution in [0.25, 0.3) is 15.9 Å². The molecule has 0 saturated carbocycles. The highest BCUT2D eigenvalue weighted by Crippen LogP contribution is 2.23. The zero-order valence-corrected chi connectivity index (χ0v) is 10.6. The first-order chi connectivity index (χ1) is 7.72. The Kier molecular flexibility index (Phi) is 2.04. The zero-order chi connectivity index (χ0) is 11.3. The summed E-state index contributed by atoms with van der Waals surface area (Å²) in [7, 11) is 2.14. The summed E-state index contributed by atoms with van der Waals surface area (Å²) in [5.41, 5.74) is 5.37. The van der Waals surface area contributed by atoms with Crippen LogP contribution in [-0.4, -0.2) is 4.57 Å². The van der Waals surface area contributed by atoms with E-state index in [1.54, 1.807) is 0 Å². The molecule has 82 valence electrons. The van der Waals surface area contributed by atoms with Gasteiger partial charge in [-0.05, 0) is 18.4 Å². The molecule has 3 aromatic rings. The van der Waals surface area contributed by atoms with Crippen molar-refractivity contribution in [1.82, 2.24) is 4.57 Å². The van der Waals surface area contributed by atoms with E-state index in [9.17, 15) is 0 Å². The maximum atomic E-state index is 2.32. The number of hydrogen-bond acceptors (Lipinski definition) is 1. The highest BCUT2D eigenvalue weighted by Gasteiger charge is 2.17. The van der Waals surface area contributed by atoms with Gasteiger partial charge in [-0.2, -0.15) is 4.40 Å². The quantitative estimate of drug-likeness (QED) is 0.570. The molecule has 3 aromatic heterocycles. The van der Waals surface area contributed by atoms with E-state index < -0.39 is 0 Å². The third-order valence-electron chi connectivity index (χ3n) is 3.26. The molecular weight excluding hydrogens is 216 g/mol. The number of aryl methyl sites for hydroxylation is 3. The van der Waals surface area contributed by atoms with Gasteiger partial charge in [0.1, 0.15) is 11.9 Å². The molecule has 0 aliphatic heterocycles. The van der Waals surface area contributed by atoms with Crippen LogP contribution in [0, 0.1) is 6.92 Å². The number of nitrogens with zero attached hydrogens (tertiary/aromatic N) is 2. The van der Waals surface area contributed by atoms with E-state index >= 15 is 0 Å². The maximum Gasteiger partial charge on any atom is 0.286 e. The molecule has 0 aliphatic carbocycles. The molecule has 0 bridgehead atoms. The lowest BCUT2D eigenvalue weighted by Crippen LogP contribution is -2.20. The van der Waals surface area contributed by atoms with Crippen molar-refractivity contribution in [2.45, 2.75) is 20.3 Å². The lowest BCUT2D eigenvalue weighted by Gasteiger charge is -1.92. The van der Waals surface area contributed by atoms with Crippen molar-refractivity contribution in [2.75, 3.05) is 0 Å². The predicted molar refractivity (Wildman–Crippen MR) is 68.1 cm³/mol. The Balaban J connectivity index is 2.55. The van der Waals surface area contributed by atoms with Gasteiger partial charge in [0, 0.05) is 18.1 Å². The summed E-state index contributed by atoms with van der Waals surface area (Å²) in [5, 5.41) is 2.23. The molecule has 3 heterocycles. The standard InChI is InChI=1S/C13H15N2S/c1-4-10-7-15-12(14(10)3)6-5-11-13(15)9(2)8-16-11/h5-8H,4H2,1-3H3/q+1. The Morgan fingerprint density at radius 3 is 2.94 bits per heavy atom. The van der Waals surface area contributed by atoms with Gasteiger partial charge in [0.15, 0.2) is 5.52 Å². The summed E-state index contributed by atoms with van der Waals surface area (Å²) < 4.78 is 5.96. The van der Waals surface area contributed by atoms with E-state index in [1.165, 1.54) is 27.1 Å². The van der Waals surface area contributed by atoms with Gasteiger partial charge in [-0.3, -0.25) is 0 Å². The molecule has 0 N–H and O–H groups in total. The monoisotopic (exact) mass is 231 g/mol. The third-order valence-corrected chi connectivity index (χ3v) is 4.31. The van der Waals surface area contributed by atoms with Crippen molar-refractivity contribution >= 4 is 27.2 Å². The summed E-state index contributed by atoms with van der Waals surface area (Å²) in [6.07, 6.45) is 3.33. The fourth-order valence-corrected chi connectivity index (χ4v) is 3.28. The first-order valence-electron chi connectivity index (χ1n) is 5.59. The molecule has 0 aromatic carbocycles. The topological polar surface area (TPSA) is 9.03 Å². The first-order valence-corrected chi connectivity index (χ1v) is 6.47. The van der Waals surface area contributed by atoms with Crippen LogP contribution >= 0.6 is 11.3 Å². The minimum Gasteiger partial charge on any atom is -0.230 e. The molecule has 0 atom stereocenters. The molecule has 0 aliphatic rings. The van der Waals surface area contributed by atoms with Gasteiger partial charge in [0.2, 0.25) is 0 Å². The second-order valence-electron chi connectivity index (χ2n) is 4.23. The normalized spacial score (nSPS) is 11.7. The van der Waals surface area contributed by atoms with Crippen LogP contribution < -0.4 is 4.40 Å². The summed E-state index contributed by atoms with van der Waals surface area (Å²) in [5.74, 6) is 0. The highest BCUT2D eigenvalue weighted by atomic mass is 32.1. The largest absolute Gasteiger partial charge is 0.286 e. The summed E-state index contributed by atoms with van der Waals surface area (Å²) >= 11 is 1.82. The van der Waals surface area contributed by atoms with E-state index in [0.29, 0.717) is 0 Å². The van der Waals surface area contributed by atoms with Gasteiger partial charge >= 0.3 is 0 Å². The van der Waals surface area contributed by atoms with Gasteiger partial charge in [-0.1, -0.05) is 6.92 Å². The molecule has 0 saturated heterocycles.